The zero-order valence-corrected chi connectivity index (χ0v) is 14.0. The molecular weight excluding hydrogens is 276 g/mol. The van der Waals surface area contributed by atoms with E-state index in [1.165, 1.54) is 16.7 Å². The van der Waals surface area contributed by atoms with E-state index in [9.17, 15) is 9.90 Å². The fraction of sp³-hybridized carbons (Fsp3) is 0.611. The summed E-state index contributed by atoms with van der Waals surface area (Å²) in [5, 5.41) is 15.4. The van der Waals surface area contributed by atoms with Gasteiger partial charge in [-0.25, -0.2) is 4.79 Å². The molecule has 4 atom stereocenters. The number of aryl methyl sites for hydroxylation is 1. The van der Waals surface area contributed by atoms with Crippen LogP contribution in [0.5, 0.6) is 0 Å². The Morgan fingerprint density at radius 3 is 2.82 bits per heavy atom. The summed E-state index contributed by atoms with van der Waals surface area (Å²) in [6.45, 7) is 8.65. The molecule has 4 heteroatoms. The highest BCUT2D eigenvalue weighted by Crippen LogP contribution is 2.36. The van der Waals surface area contributed by atoms with Gasteiger partial charge in [0.05, 0.1) is 12.1 Å². The predicted octanol–water partition coefficient (Wildman–Crippen LogP) is 2.93. The van der Waals surface area contributed by atoms with Gasteiger partial charge < -0.3 is 15.7 Å². The maximum Gasteiger partial charge on any atom is 0.315 e. The van der Waals surface area contributed by atoms with Gasteiger partial charge in [0.25, 0.3) is 0 Å². The lowest BCUT2D eigenvalue weighted by Crippen LogP contribution is -2.41. The van der Waals surface area contributed by atoms with Crippen LogP contribution in [-0.2, 0) is 6.42 Å². The highest BCUT2D eigenvalue weighted by molar-refractivity contribution is 5.74. The average molecular weight is 304 g/mol. The first-order chi connectivity index (χ1) is 10.4. The molecule has 0 radical (unpaired) electrons. The molecule has 1 aliphatic rings. The van der Waals surface area contributed by atoms with Crippen molar-refractivity contribution in [2.24, 2.45) is 11.8 Å². The fourth-order valence-corrected chi connectivity index (χ4v) is 3.31. The van der Waals surface area contributed by atoms with Crippen LogP contribution < -0.4 is 10.6 Å². The summed E-state index contributed by atoms with van der Waals surface area (Å²) < 4.78 is 0. The van der Waals surface area contributed by atoms with Crippen molar-refractivity contribution in [1.82, 2.24) is 10.6 Å². The third-order valence-electron chi connectivity index (χ3n) is 4.39. The van der Waals surface area contributed by atoms with E-state index in [1.54, 1.807) is 6.92 Å². The molecule has 3 N–H and O–H groups in total. The summed E-state index contributed by atoms with van der Waals surface area (Å²) >= 11 is 0. The number of nitrogens with one attached hydrogen (secondary N) is 2. The molecule has 22 heavy (non-hydrogen) atoms. The van der Waals surface area contributed by atoms with Gasteiger partial charge in [-0.1, -0.05) is 37.6 Å². The molecule has 2 rings (SSSR count). The predicted molar refractivity (Wildman–Crippen MR) is 88.8 cm³/mol. The monoisotopic (exact) mass is 304 g/mol. The largest absolute Gasteiger partial charge is 0.393 e. The highest BCUT2D eigenvalue weighted by Gasteiger charge is 2.30. The van der Waals surface area contributed by atoms with Crippen molar-refractivity contribution in [3.63, 3.8) is 0 Å². The van der Waals surface area contributed by atoms with Crippen LogP contribution in [0.3, 0.4) is 0 Å². The van der Waals surface area contributed by atoms with Crippen molar-refractivity contribution < 1.29 is 9.90 Å². The molecule has 0 aliphatic heterocycles. The highest BCUT2D eigenvalue weighted by atomic mass is 16.3. The zero-order chi connectivity index (χ0) is 16.3. The second-order valence-corrected chi connectivity index (χ2v) is 6.91. The summed E-state index contributed by atoms with van der Waals surface area (Å²) in [6, 6.07) is 6.45. The molecule has 0 aromatic heterocycles. The van der Waals surface area contributed by atoms with Crippen LogP contribution in [0.2, 0.25) is 0 Å². The quantitative estimate of drug-likeness (QED) is 0.783. The van der Waals surface area contributed by atoms with E-state index in [1.807, 2.05) is 6.92 Å². The summed E-state index contributed by atoms with van der Waals surface area (Å²) in [5.74, 6) is 0.679. The second-order valence-electron chi connectivity index (χ2n) is 6.91. The fourth-order valence-electron chi connectivity index (χ4n) is 3.31. The Hall–Kier alpha value is -1.55. The molecule has 122 valence electrons. The number of urea groups is 1. The number of amides is 2. The van der Waals surface area contributed by atoms with Gasteiger partial charge in [-0.05, 0) is 49.7 Å². The van der Waals surface area contributed by atoms with E-state index < -0.39 is 0 Å². The van der Waals surface area contributed by atoms with E-state index >= 15 is 0 Å². The Bertz CT molecular complexity index is 528. The van der Waals surface area contributed by atoms with E-state index in [4.69, 9.17) is 0 Å². The Labute approximate surface area is 133 Å². The molecule has 0 saturated carbocycles. The Balaban J connectivity index is 1.91. The number of hydrogen-bond acceptors (Lipinski definition) is 2. The van der Waals surface area contributed by atoms with Gasteiger partial charge in [0, 0.05) is 6.54 Å². The average Bonchev–Trinajstić information content (AvgIpc) is 2.72. The van der Waals surface area contributed by atoms with Gasteiger partial charge in [0.2, 0.25) is 0 Å². The molecule has 0 heterocycles. The van der Waals surface area contributed by atoms with Gasteiger partial charge in [-0.3, -0.25) is 0 Å². The van der Waals surface area contributed by atoms with E-state index in [0.717, 1.165) is 6.42 Å². The number of carbonyl (C=O) groups excluding carboxylic acids is 1. The van der Waals surface area contributed by atoms with Crippen LogP contribution in [0.1, 0.15) is 49.9 Å². The van der Waals surface area contributed by atoms with E-state index in [2.05, 4.69) is 42.7 Å². The van der Waals surface area contributed by atoms with Gasteiger partial charge in [0.15, 0.2) is 0 Å². The first kappa shape index (κ1) is 16.8. The zero-order valence-electron chi connectivity index (χ0n) is 14.0. The molecule has 4 nitrogen and oxygen atoms in total. The lowest BCUT2D eigenvalue weighted by atomic mass is 10.0. The summed E-state index contributed by atoms with van der Waals surface area (Å²) in [7, 11) is 0. The molecule has 4 unspecified atom stereocenters. The smallest absolute Gasteiger partial charge is 0.315 e. The van der Waals surface area contributed by atoms with Crippen LogP contribution in [-0.4, -0.2) is 23.8 Å². The first-order valence-electron chi connectivity index (χ1n) is 8.18. The number of aliphatic hydroxyl groups is 1. The lowest BCUT2D eigenvalue weighted by Gasteiger charge is -2.21. The maximum absolute atomic E-state index is 12.1. The number of carbonyl (C=O) groups is 1. The van der Waals surface area contributed by atoms with E-state index in [0.29, 0.717) is 18.9 Å². The van der Waals surface area contributed by atoms with Gasteiger partial charge >= 0.3 is 6.03 Å². The van der Waals surface area contributed by atoms with Gasteiger partial charge in [-0.15, -0.1) is 0 Å². The van der Waals surface area contributed by atoms with Gasteiger partial charge in [-0.2, -0.15) is 0 Å². The van der Waals surface area contributed by atoms with Crippen molar-refractivity contribution in [3.05, 3.63) is 34.9 Å². The third kappa shape index (κ3) is 4.23. The number of hydrogen-bond donors (Lipinski definition) is 3. The van der Waals surface area contributed by atoms with Crippen molar-refractivity contribution in [3.8, 4) is 0 Å². The minimum Gasteiger partial charge on any atom is -0.393 e. The SMILES string of the molecule is Cc1ccc2c(c1)C(NC(=O)NCC(C)CC(C)O)C(C)C2. The molecule has 0 spiro atoms. The topological polar surface area (TPSA) is 61.4 Å². The van der Waals surface area contributed by atoms with Crippen molar-refractivity contribution >= 4 is 6.03 Å². The number of rotatable bonds is 5. The lowest BCUT2D eigenvalue weighted by molar-refractivity contribution is 0.163. The third-order valence-corrected chi connectivity index (χ3v) is 4.39. The molecular formula is C18H28N2O2. The summed E-state index contributed by atoms with van der Waals surface area (Å²) in [5.41, 5.74) is 3.82. The standard InChI is InChI=1S/C18H28N2O2/c1-11-5-6-15-9-13(3)17(16(15)8-11)20-18(22)19-10-12(2)7-14(4)21/h5-6,8,12-14,17,21H,7,9-10H2,1-4H3,(H2,19,20,22). The number of benzene rings is 1. The van der Waals surface area contributed by atoms with Crippen LogP contribution >= 0.6 is 0 Å². The molecule has 2 amide bonds. The Kier molecular flexibility index (Phi) is 5.46. The van der Waals surface area contributed by atoms with Crippen molar-refractivity contribution in [2.75, 3.05) is 6.54 Å². The number of fused-ring (bicyclic) bond motifs is 1. The molecule has 1 aromatic carbocycles. The molecule has 0 bridgehead atoms. The van der Waals surface area contributed by atoms with Crippen LogP contribution in [0, 0.1) is 18.8 Å². The molecule has 0 saturated heterocycles. The summed E-state index contributed by atoms with van der Waals surface area (Å²) in [4.78, 5) is 12.1. The van der Waals surface area contributed by atoms with E-state index in [-0.39, 0.29) is 24.1 Å². The first-order valence-corrected chi connectivity index (χ1v) is 8.18. The van der Waals surface area contributed by atoms with Crippen LogP contribution in [0.25, 0.3) is 0 Å². The number of aliphatic hydroxyl groups excluding tert-OH is 1. The Morgan fingerprint density at radius 2 is 2.14 bits per heavy atom. The minimum atomic E-state index is -0.329. The van der Waals surface area contributed by atoms with Crippen LogP contribution in [0.4, 0.5) is 4.79 Å². The second kappa shape index (κ2) is 7.14. The van der Waals surface area contributed by atoms with Crippen LogP contribution in [0.15, 0.2) is 18.2 Å². The van der Waals surface area contributed by atoms with Crippen molar-refractivity contribution in [1.29, 1.82) is 0 Å². The molecule has 0 fully saturated rings. The minimum absolute atomic E-state index is 0.0852. The van der Waals surface area contributed by atoms with Crippen molar-refractivity contribution in [2.45, 2.75) is 52.7 Å². The maximum atomic E-state index is 12.1. The summed E-state index contributed by atoms with van der Waals surface area (Å²) in [6.07, 6.45) is 1.38. The Morgan fingerprint density at radius 1 is 1.41 bits per heavy atom. The molecule has 1 aliphatic carbocycles. The molecule has 1 aromatic rings. The van der Waals surface area contributed by atoms with Gasteiger partial charge in [0.1, 0.15) is 0 Å². The normalized spacial score (nSPS) is 22.8.